The molecule has 2 rings (SSSR count). The molecule has 12 heteroatoms. The fourth-order valence-corrected chi connectivity index (χ4v) is 7.38. The number of carbonyl (C=O) groups excluding carboxylic acids is 4. The summed E-state index contributed by atoms with van der Waals surface area (Å²) in [5, 5.41) is 5.81. The summed E-state index contributed by atoms with van der Waals surface area (Å²) >= 11 is 3.81. The molecular formula is C24H42N4O4S4. The van der Waals surface area contributed by atoms with Crippen molar-refractivity contribution >= 4 is 68.7 Å². The van der Waals surface area contributed by atoms with Crippen molar-refractivity contribution in [3.63, 3.8) is 0 Å². The van der Waals surface area contributed by atoms with Gasteiger partial charge in [-0.1, -0.05) is 34.4 Å². The number of rotatable bonds is 17. The van der Waals surface area contributed by atoms with E-state index in [9.17, 15) is 19.2 Å². The number of unbranched alkanes of at least 4 members (excludes halogenated alkanes) is 4. The molecule has 0 aromatic heterocycles. The van der Waals surface area contributed by atoms with E-state index >= 15 is 0 Å². The van der Waals surface area contributed by atoms with E-state index in [0.29, 0.717) is 37.4 Å². The number of hydrogen-bond acceptors (Lipinski definition) is 8. The summed E-state index contributed by atoms with van der Waals surface area (Å²) in [6, 6.07) is 0. The molecule has 36 heavy (non-hydrogen) atoms. The Kier molecular flexibility index (Phi) is 17.7. The molecule has 0 spiro atoms. The summed E-state index contributed by atoms with van der Waals surface area (Å²) in [7, 11) is 2.78. The molecule has 0 aromatic carbocycles. The van der Waals surface area contributed by atoms with Crippen molar-refractivity contribution in [2.24, 2.45) is 0 Å². The minimum Gasteiger partial charge on any atom is -0.355 e. The lowest BCUT2D eigenvalue weighted by molar-refractivity contribution is -0.131. The maximum Gasteiger partial charge on any atom is 0.230 e. The van der Waals surface area contributed by atoms with E-state index < -0.39 is 0 Å². The van der Waals surface area contributed by atoms with Gasteiger partial charge in [-0.2, -0.15) is 23.5 Å². The number of nitrogens with one attached hydrogen (secondary N) is 2. The quantitative estimate of drug-likeness (QED) is 0.201. The smallest absolute Gasteiger partial charge is 0.230 e. The predicted octanol–water partition coefficient (Wildman–Crippen LogP) is 2.87. The van der Waals surface area contributed by atoms with Gasteiger partial charge in [-0.3, -0.25) is 19.2 Å². The molecule has 0 bridgehead atoms. The Morgan fingerprint density at radius 1 is 0.583 bits per heavy atom. The third-order valence-corrected chi connectivity index (χ3v) is 9.99. The molecule has 206 valence electrons. The van der Waals surface area contributed by atoms with Crippen molar-refractivity contribution < 1.29 is 19.2 Å². The Morgan fingerprint density at radius 2 is 0.972 bits per heavy atom. The van der Waals surface area contributed by atoms with E-state index in [2.05, 4.69) is 10.6 Å². The van der Waals surface area contributed by atoms with Crippen LogP contribution in [0.15, 0.2) is 0 Å². The topological polar surface area (TPSA) is 98.8 Å². The summed E-state index contributed by atoms with van der Waals surface area (Å²) in [6.45, 7) is 4.75. The van der Waals surface area contributed by atoms with E-state index in [-0.39, 0.29) is 23.6 Å². The van der Waals surface area contributed by atoms with Gasteiger partial charge in [0, 0.05) is 75.1 Å². The Hall–Kier alpha value is -0.720. The summed E-state index contributed by atoms with van der Waals surface area (Å²) in [5.41, 5.74) is 0. The summed E-state index contributed by atoms with van der Waals surface area (Å²) < 4.78 is 0. The minimum atomic E-state index is -0.0207. The van der Waals surface area contributed by atoms with Crippen LogP contribution in [-0.2, 0) is 19.2 Å². The largest absolute Gasteiger partial charge is 0.355 e. The molecule has 0 unspecified atom stereocenters. The monoisotopic (exact) mass is 578 g/mol. The lowest BCUT2D eigenvalue weighted by atomic mass is 10.2. The van der Waals surface area contributed by atoms with E-state index in [4.69, 9.17) is 0 Å². The molecule has 0 atom stereocenters. The second-order valence-electron chi connectivity index (χ2n) is 8.83. The summed E-state index contributed by atoms with van der Waals surface area (Å²) in [4.78, 5) is 52.0. The fraction of sp³-hybridized carbons (Fsp3) is 0.833. The van der Waals surface area contributed by atoms with Crippen LogP contribution in [0.3, 0.4) is 0 Å². The third kappa shape index (κ3) is 14.9. The van der Waals surface area contributed by atoms with Crippen LogP contribution in [0.5, 0.6) is 0 Å². The Bertz CT molecular complexity index is 619. The van der Waals surface area contributed by atoms with E-state index in [1.807, 2.05) is 33.3 Å². The summed E-state index contributed by atoms with van der Waals surface area (Å²) in [6.07, 6.45) is 6.56. The Labute approximate surface area is 232 Å². The number of carbonyl (C=O) groups is 4. The van der Waals surface area contributed by atoms with Crippen LogP contribution >= 0.6 is 45.1 Å². The number of thioether (sulfide) groups is 2. The molecule has 0 aromatic rings. The van der Waals surface area contributed by atoms with Gasteiger partial charge >= 0.3 is 0 Å². The van der Waals surface area contributed by atoms with Gasteiger partial charge in [0.05, 0.1) is 11.5 Å². The van der Waals surface area contributed by atoms with Crippen molar-refractivity contribution in [1.29, 1.82) is 0 Å². The summed E-state index contributed by atoms with van der Waals surface area (Å²) in [5.74, 6) is 5.30. The minimum absolute atomic E-state index is 0.0207. The van der Waals surface area contributed by atoms with Crippen LogP contribution in [0.4, 0.5) is 0 Å². The molecular weight excluding hydrogens is 537 g/mol. The van der Waals surface area contributed by atoms with Gasteiger partial charge in [0.25, 0.3) is 0 Å². The number of amides is 4. The first-order valence-electron chi connectivity index (χ1n) is 13.0. The highest BCUT2D eigenvalue weighted by Crippen LogP contribution is 2.20. The fourth-order valence-electron chi connectivity index (χ4n) is 3.85. The molecule has 2 aliphatic heterocycles. The van der Waals surface area contributed by atoms with E-state index in [1.165, 1.54) is 21.6 Å². The molecule has 2 aliphatic rings. The van der Waals surface area contributed by atoms with Gasteiger partial charge in [-0.15, -0.1) is 0 Å². The zero-order valence-electron chi connectivity index (χ0n) is 21.3. The third-order valence-electron chi connectivity index (χ3n) is 5.97. The highest BCUT2D eigenvalue weighted by Gasteiger charge is 2.16. The van der Waals surface area contributed by atoms with Crippen molar-refractivity contribution in [1.82, 2.24) is 20.4 Å². The van der Waals surface area contributed by atoms with Crippen LogP contribution in [0.1, 0.15) is 51.4 Å². The highest BCUT2D eigenvalue weighted by atomic mass is 33.1. The second-order valence-corrected chi connectivity index (χ2v) is 13.7. The Balaban J connectivity index is 1.33. The maximum absolute atomic E-state index is 12.1. The average Bonchev–Trinajstić information content (AvgIpc) is 2.91. The zero-order chi connectivity index (χ0) is 25.8. The molecule has 2 N–H and O–H groups in total. The highest BCUT2D eigenvalue weighted by molar-refractivity contribution is 8.77. The van der Waals surface area contributed by atoms with Gasteiger partial charge in [0.1, 0.15) is 0 Å². The SMILES string of the molecule is O=C(CSSCC(=O)NCCCCCC(=O)N1CCSCC1)NCCCCCC(=O)N1CCSCC1. The first-order valence-corrected chi connectivity index (χ1v) is 17.8. The molecule has 0 saturated carbocycles. The van der Waals surface area contributed by atoms with Crippen LogP contribution in [-0.4, -0.2) is 107 Å². The molecule has 4 amide bonds. The van der Waals surface area contributed by atoms with Gasteiger partial charge in [0.15, 0.2) is 0 Å². The number of nitrogens with zero attached hydrogens (tertiary/aromatic N) is 2. The first kappa shape index (κ1) is 31.5. The van der Waals surface area contributed by atoms with Crippen molar-refractivity contribution in [3.8, 4) is 0 Å². The van der Waals surface area contributed by atoms with Gasteiger partial charge in [-0.05, 0) is 25.7 Å². The van der Waals surface area contributed by atoms with Crippen molar-refractivity contribution in [2.75, 3.05) is 73.8 Å². The normalized spacial score (nSPS) is 16.0. The zero-order valence-corrected chi connectivity index (χ0v) is 24.6. The van der Waals surface area contributed by atoms with Crippen LogP contribution in [0.25, 0.3) is 0 Å². The van der Waals surface area contributed by atoms with Gasteiger partial charge < -0.3 is 20.4 Å². The van der Waals surface area contributed by atoms with Crippen LogP contribution in [0, 0.1) is 0 Å². The van der Waals surface area contributed by atoms with E-state index in [1.54, 1.807) is 0 Å². The average molecular weight is 579 g/mol. The Morgan fingerprint density at radius 3 is 1.36 bits per heavy atom. The van der Waals surface area contributed by atoms with Crippen LogP contribution < -0.4 is 10.6 Å². The number of hydrogen-bond donors (Lipinski definition) is 2. The van der Waals surface area contributed by atoms with Crippen molar-refractivity contribution in [3.05, 3.63) is 0 Å². The lowest BCUT2D eigenvalue weighted by Gasteiger charge is -2.26. The predicted molar refractivity (Wildman–Crippen MR) is 156 cm³/mol. The molecule has 8 nitrogen and oxygen atoms in total. The van der Waals surface area contributed by atoms with Crippen molar-refractivity contribution in [2.45, 2.75) is 51.4 Å². The first-order chi connectivity index (χ1) is 17.6. The molecule has 2 saturated heterocycles. The van der Waals surface area contributed by atoms with E-state index in [0.717, 1.165) is 87.7 Å². The standard InChI is InChI=1S/C24H42N4O4S4/c29-21(25-9-5-1-3-7-23(31)27-11-15-33-16-12-27)19-35-36-20-22(30)26-10-6-2-4-8-24(32)28-13-17-34-18-14-28/h1-20H2,(H,25,29)(H,26,30). The molecule has 0 radical (unpaired) electrons. The second kappa shape index (κ2) is 20.3. The molecule has 0 aliphatic carbocycles. The van der Waals surface area contributed by atoms with Gasteiger partial charge in [-0.25, -0.2) is 0 Å². The molecule has 2 fully saturated rings. The lowest BCUT2D eigenvalue weighted by Crippen LogP contribution is -2.37. The van der Waals surface area contributed by atoms with Crippen LogP contribution in [0.2, 0.25) is 0 Å². The molecule has 2 heterocycles. The maximum atomic E-state index is 12.1. The van der Waals surface area contributed by atoms with Gasteiger partial charge in [0.2, 0.25) is 23.6 Å².